The molecule has 0 fully saturated rings. The van der Waals surface area contributed by atoms with Crippen LogP contribution in [0, 0.1) is 0 Å². The summed E-state index contributed by atoms with van der Waals surface area (Å²) in [6, 6.07) is 13.9. The molecule has 0 aromatic heterocycles. The Balaban J connectivity index is 1.77. The predicted octanol–water partition coefficient (Wildman–Crippen LogP) is 7.73. The van der Waals surface area contributed by atoms with E-state index in [2.05, 4.69) is 4.74 Å². The minimum atomic E-state index is -2.97. The number of halogens is 5. The van der Waals surface area contributed by atoms with E-state index in [0.717, 1.165) is 0 Å². The fraction of sp³-hybridized carbons (Fsp3) is 0.125. The van der Waals surface area contributed by atoms with E-state index in [1.165, 1.54) is 49.6 Å². The highest BCUT2D eigenvalue weighted by molar-refractivity contribution is 6.40. The SMILES string of the molecule is COc1ccc(/C=C/C(=O)c2cccc(OC(F)F)c2)cc1COc1c(Cl)cc(Cl)cc1Cl. The van der Waals surface area contributed by atoms with Crippen LogP contribution in [0.4, 0.5) is 8.78 Å². The lowest BCUT2D eigenvalue weighted by atomic mass is 10.1. The standard InChI is InChI=1S/C24H17Cl3F2O4/c1-31-22-8-6-14(5-7-21(30)15-3-2-4-18(10-15)33-24(28)29)9-16(22)13-32-23-19(26)11-17(25)12-20(23)27/h2-12,24H,13H2,1H3/b7-5+. The molecular formula is C24H17Cl3F2O4. The van der Waals surface area contributed by atoms with Crippen LogP contribution >= 0.6 is 34.8 Å². The number of hydrogen-bond donors (Lipinski definition) is 0. The smallest absolute Gasteiger partial charge is 0.387 e. The third kappa shape index (κ3) is 6.84. The number of carbonyl (C=O) groups is 1. The minimum Gasteiger partial charge on any atom is -0.496 e. The van der Waals surface area contributed by atoms with E-state index < -0.39 is 6.61 Å². The van der Waals surface area contributed by atoms with Gasteiger partial charge < -0.3 is 14.2 Å². The van der Waals surface area contributed by atoms with Crippen LogP contribution < -0.4 is 14.2 Å². The van der Waals surface area contributed by atoms with Crippen LogP contribution in [-0.4, -0.2) is 19.5 Å². The van der Waals surface area contributed by atoms with E-state index in [0.29, 0.717) is 21.9 Å². The zero-order chi connectivity index (χ0) is 24.0. The molecule has 0 bridgehead atoms. The van der Waals surface area contributed by atoms with Gasteiger partial charge in [-0.15, -0.1) is 0 Å². The number of carbonyl (C=O) groups excluding carboxylic acids is 1. The highest BCUT2D eigenvalue weighted by Crippen LogP contribution is 2.36. The maximum atomic E-state index is 12.5. The molecule has 0 radical (unpaired) electrons. The number of hydrogen-bond acceptors (Lipinski definition) is 4. The summed E-state index contributed by atoms with van der Waals surface area (Å²) in [7, 11) is 1.52. The molecule has 4 nitrogen and oxygen atoms in total. The summed E-state index contributed by atoms with van der Waals surface area (Å²) in [6.07, 6.45) is 2.93. The van der Waals surface area contributed by atoms with Gasteiger partial charge in [0.05, 0.1) is 17.2 Å². The van der Waals surface area contributed by atoms with E-state index in [4.69, 9.17) is 44.3 Å². The molecule has 9 heteroatoms. The normalized spacial score (nSPS) is 11.1. The van der Waals surface area contributed by atoms with Gasteiger partial charge in [0.1, 0.15) is 18.1 Å². The number of allylic oxidation sites excluding steroid dienone is 1. The van der Waals surface area contributed by atoms with Crippen molar-refractivity contribution in [3.8, 4) is 17.2 Å². The molecule has 0 N–H and O–H groups in total. The first-order valence-electron chi connectivity index (χ1n) is 9.48. The molecule has 3 aromatic carbocycles. The van der Waals surface area contributed by atoms with Crippen molar-refractivity contribution in [1.82, 2.24) is 0 Å². The van der Waals surface area contributed by atoms with Crippen molar-refractivity contribution in [2.75, 3.05) is 7.11 Å². The number of ketones is 1. The molecule has 0 aliphatic carbocycles. The van der Waals surface area contributed by atoms with Crippen molar-refractivity contribution in [3.63, 3.8) is 0 Å². The van der Waals surface area contributed by atoms with Gasteiger partial charge in [-0.3, -0.25) is 4.79 Å². The fourth-order valence-electron chi connectivity index (χ4n) is 2.93. The Bertz CT molecular complexity index is 1160. The average molecular weight is 514 g/mol. The number of rotatable bonds is 9. The Morgan fingerprint density at radius 3 is 2.42 bits per heavy atom. The number of ether oxygens (including phenoxy) is 3. The number of alkyl halides is 2. The largest absolute Gasteiger partial charge is 0.496 e. The average Bonchev–Trinajstić information content (AvgIpc) is 2.76. The van der Waals surface area contributed by atoms with Gasteiger partial charge in [-0.05, 0) is 48.0 Å². The van der Waals surface area contributed by atoms with Crippen molar-refractivity contribution < 1.29 is 27.8 Å². The lowest BCUT2D eigenvalue weighted by Gasteiger charge is -2.13. The van der Waals surface area contributed by atoms with Gasteiger partial charge in [0.2, 0.25) is 0 Å². The molecule has 0 unspecified atom stereocenters. The summed E-state index contributed by atoms with van der Waals surface area (Å²) < 4.78 is 40.3. The molecular weight excluding hydrogens is 497 g/mol. The lowest BCUT2D eigenvalue weighted by molar-refractivity contribution is -0.0498. The monoisotopic (exact) mass is 512 g/mol. The van der Waals surface area contributed by atoms with E-state index in [9.17, 15) is 13.6 Å². The van der Waals surface area contributed by atoms with Crippen LogP contribution in [0.2, 0.25) is 15.1 Å². The second kappa shape index (κ2) is 11.4. The summed E-state index contributed by atoms with van der Waals surface area (Å²) in [4.78, 5) is 12.5. The molecule has 3 aromatic rings. The van der Waals surface area contributed by atoms with Crippen LogP contribution in [0.1, 0.15) is 21.5 Å². The van der Waals surface area contributed by atoms with Gasteiger partial charge >= 0.3 is 6.61 Å². The molecule has 3 rings (SSSR count). The number of methoxy groups -OCH3 is 1. The summed E-state index contributed by atoms with van der Waals surface area (Å²) in [5.74, 6) is 0.388. The van der Waals surface area contributed by atoms with Gasteiger partial charge in [-0.1, -0.05) is 59.1 Å². The van der Waals surface area contributed by atoms with Gasteiger partial charge in [0.15, 0.2) is 11.5 Å². The molecule has 172 valence electrons. The van der Waals surface area contributed by atoms with Gasteiger partial charge in [-0.2, -0.15) is 8.78 Å². The molecule has 0 saturated carbocycles. The summed E-state index contributed by atoms with van der Waals surface area (Å²) in [5, 5.41) is 0.926. The van der Waals surface area contributed by atoms with E-state index in [1.807, 2.05) is 0 Å². The molecule has 0 aliphatic rings. The van der Waals surface area contributed by atoms with E-state index in [1.54, 1.807) is 24.3 Å². The van der Waals surface area contributed by atoms with Gasteiger partial charge in [0.25, 0.3) is 0 Å². The van der Waals surface area contributed by atoms with Crippen molar-refractivity contribution in [3.05, 3.63) is 92.4 Å². The highest BCUT2D eigenvalue weighted by atomic mass is 35.5. The Morgan fingerprint density at radius 1 is 1.03 bits per heavy atom. The molecule has 0 saturated heterocycles. The van der Waals surface area contributed by atoms with Gasteiger partial charge in [0, 0.05) is 16.1 Å². The van der Waals surface area contributed by atoms with E-state index in [-0.39, 0.29) is 39.5 Å². The third-order valence-electron chi connectivity index (χ3n) is 4.41. The van der Waals surface area contributed by atoms with Gasteiger partial charge in [-0.25, -0.2) is 0 Å². The zero-order valence-electron chi connectivity index (χ0n) is 17.2. The second-order valence-electron chi connectivity index (χ2n) is 6.66. The topological polar surface area (TPSA) is 44.8 Å². The molecule has 0 amide bonds. The Labute approximate surface area is 204 Å². The zero-order valence-corrected chi connectivity index (χ0v) is 19.4. The van der Waals surface area contributed by atoms with Crippen LogP contribution in [0.15, 0.2) is 60.7 Å². The first-order chi connectivity index (χ1) is 15.8. The Kier molecular flexibility index (Phi) is 8.55. The molecule has 0 atom stereocenters. The van der Waals surface area contributed by atoms with Crippen LogP contribution in [0.3, 0.4) is 0 Å². The lowest BCUT2D eigenvalue weighted by Crippen LogP contribution is -2.03. The van der Waals surface area contributed by atoms with Crippen molar-refractivity contribution in [1.29, 1.82) is 0 Å². The van der Waals surface area contributed by atoms with E-state index >= 15 is 0 Å². The number of benzene rings is 3. The van der Waals surface area contributed by atoms with Crippen molar-refractivity contribution in [2.45, 2.75) is 13.2 Å². The van der Waals surface area contributed by atoms with Crippen LogP contribution in [0.5, 0.6) is 17.2 Å². The maximum Gasteiger partial charge on any atom is 0.387 e. The van der Waals surface area contributed by atoms with Crippen molar-refractivity contribution >= 4 is 46.7 Å². The fourth-order valence-corrected chi connectivity index (χ4v) is 3.85. The Hall–Kier alpha value is -2.80. The van der Waals surface area contributed by atoms with Crippen molar-refractivity contribution in [2.24, 2.45) is 0 Å². The first-order valence-corrected chi connectivity index (χ1v) is 10.6. The minimum absolute atomic E-state index is 0.0901. The molecule has 33 heavy (non-hydrogen) atoms. The summed E-state index contributed by atoms with van der Waals surface area (Å²) >= 11 is 18.2. The molecule has 0 heterocycles. The quantitative estimate of drug-likeness (QED) is 0.217. The second-order valence-corrected chi connectivity index (χ2v) is 7.91. The highest BCUT2D eigenvalue weighted by Gasteiger charge is 2.12. The summed E-state index contributed by atoms with van der Waals surface area (Å²) in [6.45, 7) is -2.88. The molecule has 0 spiro atoms. The summed E-state index contributed by atoms with van der Waals surface area (Å²) in [5.41, 5.74) is 1.59. The predicted molar refractivity (Wildman–Crippen MR) is 125 cm³/mol. The third-order valence-corrected chi connectivity index (χ3v) is 5.19. The first kappa shape index (κ1) is 24.8. The Morgan fingerprint density at radius 2 is 1.76 bits per heavy atom. The van der Waals surface area contributed by atoms with Crippen LogP contribution in [-0.2, 0) is 6.61 Å². The van der Waals surface area contributed by atoms with Crippen LogP contribution in [0.25, 0.3) is 6.08 Å². The maximum absolute atomic E-state index is 12.5. The molecule has 0 aliphatic heterocycles.